The van der Waals surface area contributed by atoms with Crippen LogP contribution in [0.3, 0.4) is 0 Å². The zero-order valence-electron chi connectivity index (χ0n) is 15.6. The monoisotopic (exact) mass is 396 g/mol. The van der Waals surface area contributed by atoms with Crippen molar-refractivity contribution >= 4 is 17.2 Å². The summed E-state index contributed by atoms with van der Waals surface area (Å²) in [5.41, 5.74) is 2.64. The Morgan fingerprint density at radius 2 is 2.04 bits per heavy atom. The molecule has 0 spiro atoms. The molecular weight excluding hydrogens is 375 g/mol. The number of amides is 1. The number of thiazole rings is 1. The summed E-state index contributed by atoms with van der Waals surface area (Å²) in [6, 6.07) is 10.9. The Morgan fingerprint density at radius 1 is 1.18 bits per heavy atom. The van der Waals surface area contributed by atoms with E-state index in [0.717, 1.165) is 35.0 Å². The summed E-state index contributed by atoms with van der Waals surface area (Å²) in [5, 5.41) is 3.05. The van der Waals surface area contributed by atoms with E-state index in [-0.39, 0.29) is 23.8 Å². The lowest BCUT2D eigenvalue weighted by molar-refractivity contribution is 0.0553. The number of rotatable bonds is 4. The molecule has 1 amide bonds. The molecule has 28 heavy (non-hydrogen) atoms. The van der Waals surface area contributed by atoms with Crippen molar-refractivity contribution in [2.75, 3.05) is 13.1 Å². The number of aryl methyl sites for hydroxylation is 1. The minimum atomic E-state index is -0.211. The van der Waals surface area contributed by atoms with Crippen molar-refractivity contribution in [3.63, 3.8) is 0 Å². The Kier molecular flexibility index (Phi) is 4.29. The lowest BCUT2D eigenvalue weighted by Crippen LogP contribution is -2.49. The second-order valence-corrected chi connectivity index (χ2v) is 8.61. The molecule has 1 fully saturated rings. The van der Waals surface area contributed by atoms with E-state index in [1.54, 1.807) is 23.5 Å². The molecule has 0 N–H and O–H groups in total. The summed E-state index contributed by atoms with van der Waals surface area (Å²) < 4.78 is 15.7. The van der Waals surface area contributed by atoms with Crippen molar-refractivity contribution in [2.24, 2.45) is 0 Å². The van der Waals surface area contributed by atoms with Crippen LogP contribution in [0.5, 0.6) is 0 Å². The first-order valence-corrected chi connectivity index (χ1v) is 10.3. The molecule has 0 radical (unpaired) electrons. The van der Waals surface area contributed by atoms with Crippen LogP contribution in [0.25, 0.3) is 0 Å². The van der Waals surface area contributed by atoms with E-state index < -0.39 is 0 Å². The molecule has 1 aromatic carbocycles. The molecule has 144 valence electrons. The smallest absolute Gasteiger partial charge is 0.271 e. The van der Waals surface area contributed by atoms with Crippen molar-refractivity contribution < 1.29 is 9.18 Å². The van der Waals surface area contributed by atoms with Gasteiger partial charge in [0, 0.05) is 31.2 Å². The van der Waals surface area contributed by atoms with E-state index >= 15 is 0 Å². The first-order valence-electron chi connectivity index (χ1n) is 9.44. The fourth-order valence-electron chi connectivity index (χ4n) is 4.46. The van der Waals surface area contributed by atoms with Gasteiger partial charge in [-0.05, 0) is 36.8 Å². The molecule has 4 heterocycles. The van der Waals surface area contributed by atoms with E-state index in [0.29, 0.717) is 13.1 Å². The van der Waals surface area contributed by atoms with Crippen LogP contribution in [0, 0.1) is 12.7 Å². The Bertz CT molecular complexity index is 1030. The van der Waals surface area contributed by atoms with Gasteiger partial charge in [-0.1, -0.05) is 12.1 Å². The number of hydrogen-bond acceptors (Lipinski definition) is 4. The third-order valence-corrected chi connectivity index (χ3v) is 6.47. The molecule has 5 nitrogen and oxygen atoms in total. The van der Waals surface area contributed by atoms with Gasteiger partial charge in [0.15, 0.2) is 0 Å². The lowest BCUT2D eigenvalue weighted by Gasteiger charge is -2.38. The number of carbonyl (C=O) groups excluding carboxylic acids is 1. The van der Waals surface area contributed by atoms with Gasteiger partial charge in [-0.2, -0.15) is 0 Å². The summed E-state index contributed by atoms with van der Waals surface area (Å²) >= 11 is 1.61. The highest BCUT2D eigenvalue weighted by Crippen LogP contribution is 2.35. The Balaban J connectivity index is 1.43. The molecule has 3 aromatic rings. The number of likely N-dealkylation sites (tertiary alicyclic amines) is 1. The summed E-state index contributed by atoms with van der Waals surface area (Å²) in [7, 11) is 0. The predicted octanol–water partition coefficient (Wildman–Crippen LogP) is 3.47. The standard InChI is InChI=1S/C21H21FN4OS/c1-14-23-17(13-28-14)10-26-20-12-24(9-15-4-2-5-16(22)8-15)11-19(20)25-7-3-6-18(25)21(26)27/h2-8,13,19-20H,9-12H2,1H3. The molecule has 2 aliphatic heterocycles. The van der Waals surface area contributed by atoms with Gasteiger partial charge in [-0.3, -0.25) is 9.69 Å². The van der Waals surface area contributed by atoms with Gasteiger partial charge in [0.05, 0.1) is 29.3 Å². The lowest BCUT2D eigenvalue weighted by atomic mass is 10.1. The molecule has 5 rings (SSSR count). The molecule has 7 heteroatoms. The van der Waals surface area contributed by atoms with Crippen LogP contribution in [0.2, 0.25) is 0 Å². The zero-order valence-corrected chi connectivity index (χ0v) is 16.4. The SMILES string of the molecule is Cc1nc(CN2C(=O)c3cccn3C3CN(Cc4cccc(F)c4)CC32)cs1. The average Bonchev–Trinajstić information content (AvgIpc) is 3.38. The molecule has 2 aromatic heterocycles. The van der Waals surface area contributed by atoms with E-state index in [1.165, 1.54) is 6.07 Å². The number of halogens is 1. The Morgan fingerprint density at radius 3 is 2.82 bits per heavy atom. The second-order valence-electron chi connectivity index (χ2n) is 7.55. The van der Waals surface area contributed by atoms with E-state index in [2.05, 4.69) is 14.5 Å². The number of fused-ring (bicyclic) bond motifs is 3. The van der Waals surface area contributed by atoms with Crippen molar-refractivity contribution in [3.05, 3.63) is 75.8 Å². The quantitative estimate of drug-likeness (QED) is 0.678. The molecule has 0 bridgehead atoms. The molecule has 2 unspecified atom stereocenters. The summed E-state index contributed by atoms with van der Waals surface area (Å²) in [6.45, 7) is 4.80. The fraction of sp³-hybridized carbons (Fsp3) is 0.333. The topological polar surface area (TPSA) is 41.4 Å². The molecule has 1 saturated heterocycles. The van der Waals surface area contributed by atoms with Crippen LogP contribution in [-0.4, -0.2) is 44.4 Å². The minimum absolute atomic E-state index is 0.0597. The maximum atomic E-state index is 13.6. The molecule has 0 aliphatic carbocycles. The molecule has 0 saturated carbocycles. The summed E-state index contributed by atoms with van der Waals surface area (Å²) in [6.07, 6.45) is 2.00. The normalized spacial score (nSPS) is 21.8. The number of hydrogen-bond donors (Lipinski definition) is 0. The van der Waals surface area contributed by atoms with Gasteiger partial charge in [0.25, 0.3) is 5.91 Å². The third kappa shape index (κ3) is 3.04. The first-order chi connectivity index (χ1) is 13.6. The van der Waals surface area contributed by atoms with E-state index in [1.807, 2.05) is 41.6 Å². The van der Waals surface area contributed by atoms with E-state index in [9.17, 15) is 9.18 Å². The van der Waals surface area contributed by atoms with Crippen LogP contribution in [0.4, 0.5) is 4.39 Å². The van der Waals surface area contributed by atoms with Crippen LogP contribution < -0.4 is 0 Å². The van der Waals surface area contributed by atoms with Crippen LogP contribution in [-0.2, 0) is 13.1 Å². The van der Waals surface area contributed by atoms with Gasteiger partial charge in [-0.15, -0.1) is 11.3 Å². The highest BCUT2D eigenvalue weighted by molar-refractivity contribution is 7.09. The Hall–Kier alpha value is -2.51. The predicted molar refractivity (Wildman–Crippen MR) is 106 cm³/mol. The first kappa shape index (κ1) is 17.6. The van der Waals surface area contributed by atoms with Crippen molar-refractivity contribution in [2.45, 2.75) is 32.1 Å². The van der Waals surface area contributed by atoms with Gasteiger partial charge in [0.2, 0.25) is 0 Å². The maximum Gasteiger partial charge on any atom is 0.271 e. The number of aromatic nitrogens is 2. The highest BCUT2D eigenvalue weighted by atomic mass is 32.1. The fourth-order valence-corrected chi connectivity index (χ4v) is 5.06. The van der Waals surface area contributed by atoms with Gasteiger partial charge in [-0.25, -0.2) is 9.37 Å². The number of carbonyl (C=O) groups is 1. The molecule has 2 atom stereocenters. The largest absolute Gasteiger partial charge is 0.337 e. The average molecular weight is 396 g/mol. The van der Waals surface area contributed by atoms with E-state index in [4.69, 9.17) is 0 Å². The van der Waals surface area contributed by atoms with Crippen LogP contribution in [0.1, 0.15) is 32.8 Å². The minimum Gasteiger partial charge on any atom is -0.337 e. The number of nitrogens with zero attached hydrogens (tertiary/aromatic N) is 4. The third-order valence-electron chi connectivity index (χ3n) is 5.65. The highest BCUT2D eigenvalue weighted by Gasteiger charge is 2.44. The summed E-state index contributed by atoms with van der Waals surface area (Å²) in [4.78, 5) is 22.0. The van der Waals surface area contributed by atoms with Gasteiger partial charge in [0.1, 0.15) is 11.5 Å². The van der Waals surface area contributed by atoms with Crippen LogP contribution >= 0.6 is 11.3 Å². The number of benzene rings is 1. The molecule has 2 aliphatic rings. The van der Waals surface area contributed by atoms with Crippen molar-refractivity contribution in [1.82, 2.24) is 19.4 Å². The maximum absolute atomic E-state index is 13.6. The summed E-state index contributed by atoms with van der Waals surface area (Å²) in [5.74, 6) is -0.151. The second kappa shape index (κ2) is 6.83. The Labute approximate surface area is 167 Å². The zero-order chi connectivity index (χ0) is 19.3. The van der Waals surface area contributed by atoms with Gasteiger partial charge < -0.3 is 9.47 Å². The van der Waals surface area contributed by atoms with Crippen molar-refractivity contribution in [3.8, 4) is 0 Å². The van der Waals surface area contributed by atoms with Crippen LogP contribution in [0.15, 0.2) is 48.0 Å². The van der Waals surface area contributed by atoms with Gasteiger partial charge >= 0.3 is 0 Å². The molecular formula is C21H21FN4OS. The van der Waals surface area contributed by atoms with Crippen molar-refractivity contribution in [1.29, 1.82) is 0 Å².